The van der Waals surface area contributed by atoms with Crippen LogP contribution in [0, 0.1) is 6.92 Å². The molecule has 0 saturated carbocycles. The van der Waals surface area contributed by atoms with Crippen LogP contribution in [0.15, 0.2) is 0 Å². The van der Waals surface area contributed by atoms with Crippen molar-refractivity contribution in [3.05, 3.63) is 22.5 Å². The molecule has 0 radical (unpaired) electrons. The minimum atomic E-state index is -0.0782. The molecule has 3 rings (SSSR count). The number of amides is 1. The third-order valence-corrected chi connectivity index (χ3v) is 5.30. The number of hydrogen-bond donors (Lipinski definition) is 2. The molecule has 1 amide bonds. The van der Waals surface area contributed by atoms with Crippen LogP contribution in [0.1, 0.15) is 77.0 Å². The molecule has 1 aliphatic carbocycles. The number of Topliss-reactive ketones (excluding diaryl/α,β-unsaturated/α-hetero) is 1. The number of likely N-dealkylation sites (tertiary alicyclic amines) is 1. The van der Waals surface area contributed by atoms with Gasteiger partial charge in [0.05, 0.1) is 0 Å². The van der Waals surface area contributed by atoms with Crippen LogP contribution in [0.5, 0.6) is 0 Å². The molecule has 1 fully saturated rings. The first-order valence-electron chi connectivity index (χ1n) is 9.42. The van der Waals surface area contributed by atoms with Gasteiger partial charge in [0.1, 0.15) is 5.69 Å². The lowest BCUT2D eigenvalue weighted by Gasteiger charge is -2.19. The van der Waals surface area contributed by atoms with Gasteiger partial charge in [0.15, 0.2) is 5.78 Å². The number of aromatic amines is 1. The summed E-state index contributed by atoms with van der Waals surface area (Å²) in [5.74, 6) is 0.0933. The molecule has 132 valence electrons. The molecule has 1 aromatic heterocycles. The van der Waals surface area contributed by atoms with Gasteiger partial charge in [-0.2, -0.15) is 0 Å². The normalized spacial score (nSPS) is 19.0. The van der Waals surface area contributed by atoms with E-state index in [0.717, 1.165) is 42.6 Å². The number of hydrogen-bond acceptors (Lipinski definition) is 3. The summed E-state index contributed by atoms with van der Waals surface area (Å²) in [4.78, 5) is 30.2. The molecule has 0 spiro atoms. The van der Waals surface area contributed by atoms with Crippen LogP contribution >= 0.6 is 0 Å². The predicted molar refractivity (Wildman–Crippen MR) is 94.7 cm³/mol. The lowest BCUT2D eigenvalue weighted by atomic mass is 9.94. The van der Waals surface area contributed by atoms with Crippen molar-refractivity contribution in [1.29, 1.82) is 0 Å². The fourth-order valence-electron chi connectivity index (χ4n) is 3.95. The van der Waals surface area contributed by atoms with Crippen molar-refractivity contribution in [3.63, 3.8) is 0 Å². The summed E-state index contributed by atoms with van der Waals surface area (Å²) in [6.07, 6.45) is 8.62. The Labute approximate surface area is 144 Å². The van der Waals surface area contributed by atoms with Gasteiger partial charge in [0, 0.05) is 24.2 Å². The molecule has 2 N–H and O–H groups in total. The highest BCUT2D eigenvalue weighted by Gasteiger charge is 2.26. The number of carbonyl (C=O) groups excluding carboxylic acids is 2. The maximum Gasteiger partial charge on any atom is 0.268 e. The second kappa shape index (κ2) is 7.97. The second-order valence-corrected chi connectivity index (χ2v) is 7.12. The summed E-state index contributed by atoms with van der Waals surface area (Å²) in [7, 11) is 0. The van der Waals surface area contributed by atoms with E-state index in [1.54, 1.807) is 0 Å². The Hall–Kier alpha value is -1.62. The minimum Gasteiger partial charge on any atom is -0.354 e. The predicted octanol–water partition coefficient (Wildman–Crippen LogP) is 2.84. The second-order valence-electron chi connectivity index (χ2n) is 7.12. The zero-order chi connectivity index (χ0) is 16.9. The highest BCUT2D eigenvalue weighted by molar-refractivity contribution is 6.04. The third kappa shape index (κ3) is 3.89. The van der Waals surface area contributed by atoms with Crippen LogP contribution < -0.4 is 5.32 Å². The van der Waals surface area contributed by atoms with Gasteiger partial charge in [-0.3, -0.25) is 9.59 Å². The first kappa shape index (κ1) is 17.2. The van der Waals surface area contributed by atoms with Gasteiger partial charge in [0.2, 0.25) is 0 Å². The average Bonchev–Trinajstić information content (AvgIpc) is 2.74. The fraction of sp³-hybridized carbons (Fsp3) is 0.684. The maximum atomic E-state index is 12.4. The van der Waals surface area contributed by atoms with Crippen molar-refractivity contribution < 1.29 is 9.59 Å². The highest BCUT2D eigenvalue weighted by atomic mass is 16.2. The van der Waals surface area contributed by atoms with E-state index >= 15 is 0 Å². The van der Waals surface area contributed by atoms with Crippen LogP contribution in [-0.2, 0) is 6.42 Å². The number of aromatic nitrogens is 1. The van der Waals surface area contributed by atoms with Crippen LogP contribution in [0.3, 0.4) is 0 Å². The van der Waals surface area contributed by atoms with Crippen molar-refractivity contribution in [1.82, 2.24) is 15.2 Å². The van der Waals surface area contributed by atoms with Crippen molar-refractivity contribution in [2.24, 2.45) is 0 Å². The van der Waals surface area contributed by atoms with E-state index in [0.29, 0.717) is 18.7 Å². The number of fused-ring (bicyclic) bond motifs is 1. The van der Waals surface area contributed by atoms with Gasteiger partial charge in [-0.05, 0) is 64.2 Å². The monoisotopic (exact) mass is 331 g/mol. The van der Waals surface area contributed by atoms with Gasteiger partial charge in [-0.1, -0.05) is 12.8 Å². The molecule has 0 bridgehead atoms. The molecule has 5 nitrogen and oxygen atoms in total. The zero-order valence-corrected chi connectivity index (χ0v) is 14.7. The molecule has 1 aromatic rings. The highest BCUT2D eigenvalue weighted by Crippen LogP contribution is 2.26. The molecule has 0 unspecified atom stereocenters. The summed E-state index contributed by atoms with van der Waals surface area (Å²) in [5, 5.41) is 3.01. The van der Waals surface area contributed by atoms with E-state index in [1.165, 1.54) is 38.8 Å². The molecular weight excluding hydrogens is 302 g/mol. The minimum absolute atomic E-state index is 0.0782. The van der Waals surface area contributed by atoms with E-state index in [-0.39, 0.29) is 11.7 Å². The van der Waals surface area contributed by atoms with Crippen molar-refractivity contribution >= 4 is 11.7 Å². The molecule has 5 heteroatoms. The van der Waals surface area contributed by atoms with Crippen LogP contribution in [-0.4, -0.2) is 47.8 Å². The number of rotatable bonds is 5. The lowest BCUT2D eigenvalue weighted by Crippen LogP contribution is -2.31. The number of H-pyrrole nitrogens is 1. The molecule has 0 aromatic carbocycles. The summed E-state index contributed by atoms with van der Waals surface area (Å²) in [6.45, 7) is 6.01. The van der Waals surface area contributed by atoms with E-state index in [9.17, 15) is 9.59 Å². The number of ketones is 1. The number of aryl methyl sites for hydroxylation is 1. The van der Waals surface area contributed by atoms with E-state index < -0.39 is 0 Å². The SMILES string of the molecule is Cc1c(C(=O)NCCCN2CCCCCC2)[nH]c2c1C(=O)CCC2. The molecule has 1 aliphatic heterocycles. The average molecular weight is 331 g/mol. The maximum absolute atomic E-state index is 12.4. The largest absolute Gasteiger partial charge is 0.354 e. The van der Waals surface area contributed by atoms with Crippen molar-refractivity contribution in [2.45, 2.75) is 58.3 Å². The van der Waals surface area contributed by atoms with Gasteiger partial charge in [-0.15, -0.1) is 0 Å². The third-order valence-electron chi connectivity index (χ3n) is 5.30. The number of nitrogens with one attached hydrogen (secondary N) is 2. The fourth-order valence-corrected chi connectivity index (χ4v) is 3.95. The quantitative estimate of drug-likeness (QED) is 0.816. The standard InChI is InChI=1S/C19H29N3O2/c1-14-17-15(8-6-9-16(17)23)21-18(14)19(24)20-10-7-13-22-11-4-2-3-5-12-22/h21H,2-13H2,1H3,(H,20,24). The van der Waals surface area contributed by atoms with Crippen LogP contribution in [0.25, 0.3) is 0 Å². The van der Waals surface area contributed by atoms with Crippen molar-refractivity contribution in [2.75, 3.05) is 26.2 Å². The summed E-state index contributed by atoms with van der Waals surface area (Å²) < 4.78 is 0. The van der Waals surface area contributed by atoms with Gasteiger partial charge in [0.25, 0.3) is 5.91 Å². The van der Waals surface area contributed by atoms with E-state index in [1.807, 2.05) is 6.92 Å². The Balaban J connectivity index is 1.49. The molecule has 0 atom stereocenters. The Morgan fingerprint density at radius 1 is 1.12 bits per heavy atom. The van der Waals surface area contributed by atoms with E-state index in [2.05, 4.69) is 15.2 Å². The Kier molecular flexibility index (Phi) is 5.72. The van der Waals surface area contributed by atoms with Gasteiger partial charge < -0.3 is 15.2 Å². The molecule has 2 heterocycles. The Morgan fingerprint density at radius 2 is 1.88 bits per heavy atom. The molecule has 2 aliphatic rings. The number of nitrogens with zero attached hydrogens (tertiary/aromatic N) is 1. The molecular formula is C19H29N3O2. The topological polar surface area (TPSA) is 65.2 Å². The Bertz CT molecular complexity index is 598. The van der Waals surface area contributed by atoms with Gasteiger partial charge >= 0.3 is 0 Å². The van der Waals surface area contributed by atoms with E-state index in [4.69, 9.17) is 0 Å². The zero-order valence-electron chi connectivity index (χ0n) is 14.7. The smallest absolute Gasteiger partial charge is 0.268 e. The first-order valence-corrected chi connectivity index (χ1v) is 9.42. The first-order chi connectivity index (χ1) is 11.7. The molecule has 24 heavy (non-hydrogen) atoms. The number of carbonyl (C=O) groups is 2. The van der Waals surface area contributed by atoms with Crippen LogP contribution in [0.4, 0.5) is 0 Å². The lowest BCUT2D eigenvalue weighted by molar-refractivity contribution is 0.0945. The Morgan fingerprint density at radius 3 is 2.58 bits per heavy atom. The molecule has 1 saturated heterocycles. The van der Waals surface area contributed by atoms with Gasteiger partial charge in [-0.25, -0.2) is 0 Å². The van der Waals surface area contributed by atoms with Crippen molar-refractivity contribution in [3.8, 4) is 0 Å². The van der Waals surface area contributed by atoms with Crippen LogP contribution in [0.2, 0.25) is 0 Å². The summed E-state index contributed by atoms with van der Waals surface area (Å²) in [5.41, 5.74) is 3.10. The summed E-state index contributed by atoms with van der Waals surface area (Å²) >= 11 is 0. The summed E-state index contributed by atoms with van der Waals surface area (Å²) in [6, 6.07) is 0.